The van der Waals surface area contributed by atoms with Crippen LogP contribution in [0.1, 0.15) is 26.3 Å². The molecule has 5 nitrogen and oxygen atoms in total. The molecule has 25 heavy (non-hydrogen) atoms. The quantitative estimate of drug-likeness (QED) is 0.308. The van der Waals surface area contributed by atoms with Gasteiger partial charge in [-0.2, -0.15) is 4.39 Å². The van der Waals surface area contributed by atoms with Crippen LogP contribution in [0.4, 0.5) is 8.78 Å². The molecule has 0 unspecified atom stereocenters. The molecule has 1 aromatic rings. The third kappa shape index (κ3) is 6.34. The lowest BCUT2D eigenvalue weighted by Gasteiger charge is -2.13. The van der Waals surface area contributed by atoms with Crippen molar-refractivity contribution >= 4 is 5.97 Å². The number of nitrogens with one attached hydrogen (secondary N) is 1. The number of likely N-dealkylation sites (N-methyl/N-ethyl adjacent to an activating group) is 1. The first-order chi connectivity index (χ1) is 11.8. The van der Waals surface area contributed by atoms with Gasteiger partial charge in [0.25, 0.3) is 0 Å². The topological polar surface area (TPSA) is 67.8 Å². The number of carbonyl (C=O) groups excluding carboxylic acids is 1. The lowest BCUT2D eigenvalue weighted by Crippen LogP contribution is -2.17. The summed E-state index contributed by atoms with van der Waals surface area (Å²) < 4.78 is 38.5. The third-order valence-corrected chi connectivity index (χ3v) is 3.33. The van der Waals surface area contributed by atoms with Crippen LogP contribution in [0.2, 0.25) is 0 Å². The number of aliphatic hydroxyl groups is 1. The highest BCUT2D eigenvalue weighted by molar-refractivity contribution is 5.89. The fourth-order valence-corrected chi connectivity index (χ4v) is 1.95. The molecule has 0 saturated heterocycles. The molecule has 0 amide bonds. The molecule has 0 radical (unpaired) electrons. The Labute approximate surface area is 146 Å². The number of hydrogen-bond donors (Lipinski definition) is 2. The Balaban J connectivity index is 2.94. The highest BCUT2D eigenvalue weighted by Crippen LogP contribution is 2.25. The van der Waals surface area contributed by atoms with Gasteiger partial charge in [-0.05, 0) is 31.5 Å². The van der Waals surface area contributed by atoms with E-state index in [9.17, 15) is 18.7 Å². The van der Waals surface area contributed by atoms with Crippen LogP contribution in [0.5, 0.6) is 5.75 Å². The Bertz CT molecular complexity index is 626. The summed E-state index contributed by atoms with van der Waals surface area (Å²) in [6, 6.07) is 2.62. The second kappa shape index (κ2) is 9.98. The normalized spacial score (nSPS) is 12.1. The molecular formula is C18H25F2NO4. The first-order valence-electron chi connectivity index (χ1n) is 8.08. The van der Waals surface area contributed by atoms with Crippen LogP contribution in [0.15, 0.2) is 23.5 Å². The van der Waals surface area contributed by atoms with Crippen LogP contribution in [0, 0.1) is 17.6 Å². The first kappa shape index (κ1) is 20.9. The Morgan fingerprint density at radius 2 is 1.96 bits per heavy atom. The minimum Gasteiger partial charge on any atom is -0.512 e. The van der Waals surface area contributed by atoms with E-state index in [1.165, 1.54) is 19.1 Å². The van der Waals surface area contributed by atoms with Crippen molar-refractivity contribution in [2.45, 2.75) is 27.2 Å². The Morgan fingerprint density at radius 1 is 1.28 bits per heavy atom. The summed E-state index contributed by atoms with van der Waals surface area (Å²) in [6.45, 7) is 5.88. The van der Waals surface area contributed by atoms with Crippen LogP contribution in [-0.4, -0.2) is 37.9 Å². The average molecular weight is 357 g/mol. The standard InChI is InChI=1S/C18H25F2NO4/c1-11(2)10-25-18(23)14(12(3)22)9-13-5-6-15(17(20)16(13)19)24-8-7-21-4/h5-6,11,21-22H,7-10H2,1-4H3/b14-12-. The van der Waals surface area contributed by atoms with Crippen molar-refractivity contribution in [1.82, 2.24) is 5.32 Å². The molecule has 0 aliphatic carbocycles. The molecule has 2 N–H and O–H groups in total. The monoisotopic (exact) mass is 357 g/mol. The second-order valence-electron chi connectivity index (χ2n) is 6.04. The molecule has 0 bridgehead atoms. The number of ether oxygens (including phenoxy) is 2. The van der Waals surface area contributed by atoms with Gasteiger partial charge in [0.05, 0.1) is 17.9 Å². The van der Waals surface area contributed by atoms with E-state index in [-0.39, 0.29) is 48.2 Å². The molecule has 0 aliphatic heterocycles. The molecular weight excluding hydrogens is 332 g/mol. The third-order valence-electron chi connectivity index (χ3n) is 3.33. The van der Waals surface area contributed by atoms with Crippen LogP contribution in [0.3, 0.4) is 0 Å². The highest BCUT2D eigenvalue weighted by atomic mass is 19.2. The molecule has 0 heterocycles. The van der Waals surface area contributed by atoms with E-state index in [2.05, 4.69) is 5.32 Å². The van der Waals surface area contributed by atoms with E-state index in [0.717, 1.165) is 0 Å². The molecule has 0 atom stereocenters. The second-order valence-corrected chi connectivity index (χ2v) is 6.04. The predicted molar refractivity (Wildman–Crippen MR) is 90.6 cm³/mol. The van der Waals surface area contributed by atoms with E-state index in [0.29, 0.717) is 6.54 Å². The van der Waals surface area contributed by atoms with Crippen LogP contribution >= 0.6 is 0 Å². The number of carbonyl (C=O) groups is 1. The first-order valence-corrected chi connectivity index (χ1v) is 8.08. The zero-order valence-electron chi connectivity index (χ0n) is 15.0. The molecule has 1 rings (SSSR count). The highest BCUT2D eigenvalue weighted by Gasteiger charge is 2.21. The predicted octanol–water partition coefficient (Wildman–Crippen LogP) is 3.14. The number of esters is 1. The minimum atomic E-state index is -1.13. The Morgan fingerprint density at radius 3 is 2.52 bits per heavy atom. The zero-order valence-corrected chi connectivity index (χ0v) is 15.0. The number of benzene rings is 1. The maximum absolute atomic E-state index is 14.2. The van der Waals surface area contributed by atoms with Crippen molar-refractivity contribution in [1.29, 1.82) is 0 Å². The fourth-order valence-electron chi connectivity index (χ4n) is 1.95. The molecule has 0 fully saturated rings. The zero-order chi connectivity index (χ0) is 19.0. The summed E-state index contributed by atoms with van der Waals surface area (Å²) in [5.41, 5.74) is -0.175. The average Bonchev–Trinajstić information content (AvgIpc) is 2.55. The number of hydrogen-bond acceptors (Lipinski definition) is 5. The number of rotatable bonds is 9. The van der Waals surface area contributed by atoms with Crippen LogP contribution in [-0.2, 0) is 16.0 Å². The van der Waals surface area contributed by atoms with Crippen molar-refractivity contribution in [3.05, 3.63) is 40.7 Å². The number of allylic oxidation sites excluding steroid dienone is 1. The van der Waals surface area contributed by atoms with Crippen molar-refractivity contribution < 1.29 is 28.2 Å². The summed E-state index contributed by atoms with van der Waals surface area (Å²) in [4.78, 5) is 12.0. The van der Waals surface area contributed by atoms with Crippen molar-refractivity contribution in [2.75, 3.05) is 26.8 Å². The summed E-state index contributed by atoms with van der Waals surface area (Å²) in [5, 5.41) is 12.5. The van der Waals surface area contributed by atoms with Gasteiger partial charge in [-0.25, -0.2) is 9.18 Å². The van der Waals surface area contributed by atoms with Crippen molar-refractivity contribution in [2.24, 2.45) is 5.92 Å². The van der Waals surface area contributed by atoms with E-state index in [1.54, 1.807) is 7.05 Å². The maximum Gasteiger partial charge on any atom is 0.337 e. The summed E-state index contributed by atoms with van der Waals surface area (Å²) >= 11 is 0. The number of aliphatic hydroxyl groups excluding tert-OH is 1. The van der Waals surface area contributed by atoms with Gasteiger partial charge in [-0.3, -0.25) is 0 Å². The fraction of sp³-hybridized carbons (Fsp3) is 0.500. The Kier molecular flexibility index (Phi) is 8.34. The van der Waals surface area contributed by atoms with Crippen LogP contribution in [0.25, 0.3) is 0 Å². The molecule has 1 aromatic carbocycles. The van der Waals surface area contributed by atoms with Gasteiger partial charge in [-0.15, -0.1) is 0 Å². The Hall–Kier alpha value is -2.15. The molecule has 0 spiro atoms. The molecule has 0 aliphatic rings. The van der Waals surface area contributed by atoms with Crippen LogP contribution < -0.4 is 10.1 Å². The van der Waals surface area contributed by atoms with E-state index < -0.39 is 17.6 Å². The van der Waals surface area contributed by atoms with Gasteiger partial charge in [0.2, 0.25) is 5.82 Å². The molecule has 140 valence electrons. The van der Waals surface area contributed by atoms with E-state index in [4.69, 9.17) is 9.47 Å². The molecule has 7 heteroatoms. The van der Waals surface area contributed by atoms with Gasteiger partial charge < -0.3 is 19.9 Å². The molecule has 0 aromatic heterocycles. The summed E-state index contributed by atoms with van der Waals surface area (Å²) in [7, 11) is 1.72. The van der Waals surface area contributed by atoms with Gasteiger partial charge in [0.1, 0.15) is 6.61 Å². The smallest absolute Gasteiger partial charge is 0.337 e. The molecule has 0 saturated carbocycles. The van der Waals surface area contributed by atoms with Crippen molar-refractivity contribution in [3.63, 3.8) is 0 Å². The lowest BCUT2D eigenvalue weighted by atomic mass is 10.0. The van der Waals surface area contributed by atoms with E-state index in [1.807, 2.05) is 13.8 Å². The van der Waals surface area contributed by atoms with Gasteiger partial charge in [0, 0.05) is 13.0 Å². The van der Waals surface area contributed by atoms with E-state index >= 15 is 0 Å². The van der Waals surface area contributed by atoms with Gasteiger partial charge in [-0.1, -0.05) is 19.9 Å². The number of halogens is 2. The SMILES string of the molecule is CNCCOc1ccc(C/C(C(=O)OCC(C)C)=C(\C)O)c(F)c1F. The largest absolute Gasteiger partial charge is 0.512 e. The van der Waals surface area contributed by atoms with Gasteiger partial charge in [0.15, 0.2) is 11.6 Å². The van der Waals surface area contributed by atoms with Crippen molar-refractivity contribution in [3.8, 4) is 5.75 Å². The maximum atomic E-state index is 14.2. The van der Waals surface area contributed by atoms with Gasteiger partial charge >= 0.3 is 5.97 Å². The minimum absolute atomic E-state index is 0.0663. The lowest BCUT2D eigenvalue weighted by molar-refractivity contribution is -0.140. The summed E-state index contributed by atoms with van der Waals surface area (Å²) in [5.74, 6) is -3.36. The summed E-state index contributed by atoms with van der Waals surface area (Å²) in [6.07, 6.45) is -0.279.